The Morgan fingerprint density at radius 3 is 2.94 bits per heavy atom. The van der Waals surface area contributed by atoms with E-state index >= 15 is 0 Å². The van der Waals surface area contributed by atoms with Crippen LogP contribution in [0.3, 0.4) is 0 Å². The highest BCUT2D eigenvalue weighted by Gasteiger charge is 2.14. The highest BCUT2D eigenvalue weighted by Crippen LogP contribution is 2.32. The Morgan fingerprint density at radius 2 is 2.28 bits per heavy atom. The minimum Gasteiger partial charge on any atom is -0.495 e. The third-order valence-electron chi connectivity index (χ3n) is 2.83. The van der Waals surface area contributed by atoms with Crippen LogP contribution >= 0.6 is 23.4 Å². The predicted molar refractivity (Wildman–Crippen MR) is 80.3 cm³/mol. The van der Waals surface area contributed by atoms with Crippen LogP contribution in [0.5, 0.6) is 5.75 Å². The lowest BCUT2D eigenvalue weighted by atomic mass is 10.2. The van der Waals surface area contributed by atoms with Crippen LogP contribution in [0.1, 0.15) is 18.9 Å². The Labute approximate surface area is 117 Å². The van der Waals surface area contributed by atoms with Gasteiger partial charge in [-0.05, 0) is 31.9 Å². The summed E-state index contributed by atoms with van der Waals surface area (Å²) in [5.41, 5.74) is 1.94. The lowest BCUT2D eigenvalue weighted by Crippen LogP contribution is -2.18. The van der Waals surface area contributed by atoms with Gasteiger partial charge in [-0.25, -0.2) is 0 Å². The normalized spacial score (nSPS) is 19.3. The summed E-state index contributed by atoms with van der Waals surface area (Å²) in [5, 5.41) is 4.99. The van der Waals surface area contributed by atoms with E-state index in [1.807, 2.05) is 19.1 Å². The van der Waals surface area contributed by atoms with Crippen molar-refractivity contribution in [2.45, 2.75) is 26.3 Å². The van der Waals surface area contributed by atoms with E-state index in [0.29, 0.717) is 11.1 Å². The van der Waals surface area contributed by atoms with E-state index in [9.17, 15) is 0 Å². The van der Waals surface area contributed by atoms with E-state index in [4.69, 9.17) is 16.3 Å². The maximum absolute atomic E-state index is 6.09. The van der Waals surface area contributed by atoms with E-state index in [1.165, 1.54) is 0 Å². The molecule has 0 amide bonds. The third-order valence-corrected chi connectivity index (χ3v) is 4.16. The molecule has 1 aromatic rings. The molecule has 0 aromatic heterocycles. The van der Waals surface area contributed by atoms with Gasteiger partial charge in [0.2, 0.25) is 0 Å². The number of methoxy groups -OCH3 is 1. The van der Waals surface area contributed by atoms with Crippen molar-refractivity contribution in [3.63, 3.8) is 0 Å². The molecule has 5 heteroatoms. The van der Waals surface area contributed by atoms with E-state index in [-0.39, 0.29) is 0 Å². The maximum Gasteiger partial charge on any atom is 0.161 e. The number of anilines is 1. The second-order valence-corrected chi connectivity index (χ2v) is 5.84. The molecule has 1 N–H and O–H groups in total. The molecule has 0 radical (unpaired) electrons. The van der Waals surface area contributed by atoms with Crippen LogP contribution in [0.4, 0.5) is 5.69 Å². The van der Waals surface area contributed by atoms with Gasteiger partial charge in [0.15, 0.2) is 5.17 Å². The molecule has 0 saturated carbocycles. The number of halogens is 1. The summed E-state index contributed by atoms with van der Waals surface area (Å²) in [7, 11) is 1.64. The highest BCUT2D eigenvalue weighted by atomic mass is 35.5. The maximum atomic E-state index is 6.09. The summed E-state index contributed by atoms with van der Waals surface area (Å²) >= 11 is 7.83. The van der Waals surface area contributed by atoms with E-state index in [1.54, 1.807) is 18.9 Å². The van der Waals surface area contributed by atoms with Crippen LogP contribution < -0.4 is 10.1 Å². The molecule has 3 nitrogen and oxygen atoms in total. The first-order chi connectivity index (χ1) is 8.60. The zero-order chi connectivity index (χ0) is 13.1. The van der Waals surface area contributed by atoms with Gasteiger partial charge < -0.3 is 10.1 Å². The largest absolute Gasteiger partial charge is 0.495 e. The Hall–Kier alpha value is -0.870. The van der Waals surface area contributed by atoms with Crippen LogP contribution in [-0.4, -0.2) is 24.1 Å². The van der Waals surface area contributed by atoms with Crippen molar-refractivity contribution >= 4 is 34.2 Å². The Balaban J connectivity index is 2.25. The van der Waals surface area contributed by atoms with Crippen LogP contribution in [0, 0.1) is 6.92 Å². The molecule has 0 aliphatic carbocycles. The molecule has 18 heavy (non-hydrogen) atoms. The molecule has 98 valence electrons. The molecule has 1 atom stereocenters. The quantitative estimate of drug-likeness (QED) is 0.893. The van der Waals surface area contributed by atoms with Gasteiger partial charge in [-0.3, -0.25) is 4.99 Å². The fourth-order valence-corrected chi connectivity index (χ4v) is 2.98. The van der Waals surface area contributed by atoms with Gasteiger partial charge in [0.1, 0.15) is 5.75 Å². The molecule has 0 spiro atoms. The molecule has 0 saturated heterocycles. The van der Waals surface area contributed by atoms with Crippen molar-refractivity contribution in [2.24, 2.45) is 4.99 Å². The van der Waals surface area contributed by atoms with Crippen molar-refractivity contribution in [2.75, 3.05) is 18.2 Å². The fourth-order valence-electron chi connectivity index (χ4n) is 1.74. The van der Waals surface area contributed by atoms with Gasteiger partial charge >= 0.3 is 0 Å². The monoisotopic (exact) mass is 284 g/mol. The van der Waals surface area contributed by atoms with Gasteiger partial charge in [-0.1, -0.05) is 23.4 Å². The zero-order valence-electron chi connectivity index (χ0n) is 10.8. The van der Waals surface area contributed by atoms with Crippen molar-refractivity contribution in [3.8, 4) is 5.75 Å². The first-order valence-corrected chi connectivity index (χ1v) is 7.28. The predicted octanol–water partition coefficient (Wildman–Crippen LogP) is 3.95. The molecule has 1 unspecified atom stereocenters. The average molecular weight is 285 g/mol. The van der Waals surface area contributed by atoms with E-state index in [2.05, 4.69) is 17.2 Å². The van der Waals surface area contributed by atoms with Gasteiger partial charge in [-0.15, -0.1) is 0 Å². The number of amidine groups is 1. The van der Waals surface area contributed by atoms with Crippen molar-refractivity contribution in [1.29, 1.82) is 0 Å². The van der Waals surface area contributed by atoms with E-state index in [0.717, 1.165) is 34.3 Å². The molecule has 1 heterocycles. The summed E-state index contributed by atoms with van der Waals surface area (Å²) in [6.07, 6.45) is 1.13. The second kappa shape index (κ2) is 5.85. The van der Waals surface area contributed by atoms with Crippen LogP contribution in [0.25, 0.3) is 0 Å². The van der Waals surface area contributed by atoms with Crippen molar-refractivity contribution in [3.05, 3.63) is 22.7 Å². The lowest BCUT2D eigenvalue weighted by Gasteiger charge is -2.19. The van der Waals surface area contributed by atoms with Crippen LogP contribution in [0.15, 0.2) is 17.1 Å². The first kappa shape index (κ1) is 13.6. The second-order valence-electron chi connectivity index (χ2n) is 4.35. The molecule has 2 rings (SSSR count). The Morgan fingerprint density at radius 1 is 1.50 bits per heavy atom. The van der Waals surface area contributed by atoms with Crippen LogP contribution in [0.2, 0.25) is 5.02 Å². The summed E-state index contributed by atoms with van der Waals surface area (Å²) in [4.78, 5) is 4.58. The van der Waals surface area contributed by atoms with Crippen LogP contribution in [-0.2, 0) is 0 Å². The lowest BCUT2D eigenvalue weighted by molar-refractivity contribution is 0.417. The number of aryl methyl sites for hydroxylation is 1. The number of aliphatic imine (C=N–C) groups is 1. The number of ether oxygens (including phenoxy) is 1. The minimum atomic E-state index is 0.383. The Bertz CT molecular complexity index is 476. The summed E-state index contributed by atoms with van der Waals surface area (Å²) in [6.45, 7) is 4.11. The smallest absolute Gasteiger partial charge is 0.161 e. The molecule has 1 aliphatic rings. The summed E-state index contributed by atoms with van der Waals surface area (Å²) < 4.78 is 5.34. The van der Waals surface area contributed by atoms with Gasteiger partial charge in [-0.2, -0.15) is 0 Å². The average Bonchev–Trinajstić information content (AvgIpc) is 2.33. The van der Waals surface area contributed by atoms with Gasteiger partial charge in [0.25, 0.3) is 0 Å². The summed E-state index contributed by atoms with van der Waals surface area (Å²) in [5.74, 6) is 1.84. The van der Waals surface area contributed by atoms with Gasteiger partial charge in [0, 0.05) is 16.8 Å². The number of benzene rings is 1. The Kier molecular flexibility index (Phi) is 4.40. The first-order valence-electron chi connectivity index (χ1n) is 5.92. The number of hydrogen-bond donors (Lipinski definition) is 1. The number of hydrogen-bond acceptors (Lipinski definition) is 4. The molecule has 0 bridgehead atoms. The third kappa shape index (κ3) is 3.12. The molecule has 0 fully saturated rings. The minimum absolute atomic E-state index is 0.383. The SMILES string of the molecule is COc1cc(Cl)c(C)cc1NC1=NC(C)CCS1. The molecule has 1 aliphatic heterocycles. The highest BCUT2D eigenvalue weighted by molar-refractivity contribution is 8.14. The summed E-state index contributed by atoms with van der Waals surface area (Å²) in [6, 6.07) is 4.20. The number of rotatable bonds is 2. The molecular weight excluding hydrogens is 268 g/mol. The number of thioether (sulfide) groups is 1. The number of nitrogens with one attached hydrogen (secondary N) is 1. The van der Waals surface area contributed by atoms with E-state index < -0.39 is 0 Å². The molecular formula is C13H17ClN2OS. The fraction of sp³-hybridized carbons (Fsp3) is 0.462. The topological polar surface area (TPSA) is 33.6 Å². The number of nitrogens with zero attached hydrogens (tertiary/aromatic N) is 1. The van der Waals surface area contributed by atoms with Crippen molar-refractivity contribution < 1.29 is 4.74 Å². The standard InChI is InChI=1S/C13H17ClN2OS/c1-8-6-11(12(17-3)7-10(8)14)16-13-15-9(2)4-5-18-13/h6-7,9H,4-5H2,1-3H3,(H,15,16). The van der Waals surface area contributed by atoms with Gasteiger partial charge in [0.05, 0.1) is 18.8 Å². The van der Waals surface area contributed by atoms with Crippen molar-refractivity contribution in [1.82, 2.24) is 0 Å². The molecule has 1 aromatic carbocycles. The zero-order valence-corrected chi connectivity index (χ0v) is 12.4.